The second-order valence-electron chi connectivity index (χ2n) is 4.44. The van der Waals surface area contributed by atoms with Crippen molar-refractivity contribution in [1.82, 2.24) is 9.78 Å². The van der Waals surface area contributed by atoms with E-state index in [2.05, 4.69) is 5.10 Å². The minimum Gasteiger partial charge on any atom is -0.383 e. The number of hydrogen-bond donors (Lipinski definition) is 1. The molecule has 0 amide bonds. The van der Waals surface area contributed by atoms with Crippen molar-refractivity contribution in [3.63, 3.8) is 0 Å². The van der Waals surface area contributed by atoms with Crippen molar-refractivity contribution in [2.75, 3.05) is 13.7 Å². The Morgan fingerprint density at radius 2 is 2.19 bits per heavy atom. The van der Waals surface area contributed by atoms with Crippen LogP contribution in [0.5, 0.6) is 0 Å². The lowest BCUT2D eigenvalue weighted by atomic mass is 9.97. The number of ether oxygens (including phenoxy) is 1. The Labute approximate surface area is 95.2 Å². The molecule has 0 saturated carbocycles. The second kappa shape index (κ2) is 4.76. The molecule has 2 N–H and O–H groups in total. The first-order chi connectivity index (χ1) is 7.36. The van der Waals surface area contributed by atoms with E-state index in [4.69, 9.17) is 10.5 Å². The topological polar surface area (TPSA) is 70.1 Å². The molecule has 1 aromatic heterocycles. The monoisotopic (exact) mass is 225 g/mol. The third-order valence-electron chi connectivity index (χ3n) is 2.30. The maximum atomic E-state index is 12.0. The molecular weight excluding hydrogens is 206 g/mol. The molecule has 0 aliphatic heterocycles. The first kappa shape index (κ1) is 12.9. The number of aromatic nitrogens is 2. The van der Waals surface area contributed by atoms with Crippen molar-refractivity contribution in [3.8, 4) is 0 Å². The number of aryl methyl sites for hydroxylation is 1. The molecule has 0 aliphatic rings. The first-order valence-corrected chi connectivity index (χ1v) is 5.23. The fourth-order valence-corrected chi connectivity index (χ4v) is 1.47. The van der Waals surface area contributed by atoms with E-state index in [0.29, 0.717) is 18.7 Å². The summed E-state index contributed by atoms with van der Waals surface area (Å²) in [5.41, 5.74) is 6.52. The molecule has 1 aromatic rings. The third-order valence-corrected chi connectivity index (χ3v) is 2.30. The number of hydrogen-bond acceptors (Lipinski definition) is 4. The molecule has 0 radical (unpaired) electrons. The van der Waals surface area contributed by atoms with Crippen LogP contribution in [0.3, 0.4) is 0 Å². The van der Waals surface area contributed by atoms with E-state index in [0.717, 1.165) is 5.69 Å². The van der Waals surface area contributed by atoms with Crippen LogP contribution < -0.4 is 11.3 Å². The molecule has 0 bridgehead atoms. The molecule has 0 aromatic carbocycles. The summed E-state index contributed by atoms with van der Waals surface area (Å²) in [4.78, 5) is 12.0. The van der Waals surface area contributed by atoms with Gasteiger partial charge in [0.1, 0.15) is 0 Å². The zero-order valence-corrected chi connectivity index (χ0v) is 10.3. The quantitative estimate of drug-likeness (QED) is 0.804. The van der Waals surface area contributed by atoms with E-state index in [-0.39, 0.29) is 5.56 Å². The number of methoxy groups -OCH3 is 1. The van der Waals surface area contributed by atoms with Gasteiger partial charge in [-0.15, -0.1) is 0 Å². The third kappa shape index (κ3) is 2.90. The minimum atomic E-state index is -0.653. The maximum Gasteiger partial charge on any atom is 0.271 e. The lowest BCUT2D eigenvalue weighted by molar-refractivity contribution is 0.181. The van der Waals surface area contributed by atoms with Gasteiger partial charge >= 0.3 is 0 Å². The highest BCUT2D eigenvalue weighted by Crippen LogP contribution is 2.12. The van der Waals surface area contributed by atoms with Crippen LogP contribution in [0, 0.1) is 6.92 Å². The molecule has 5 heteroatoms. The molecule has 0 atom stereocenters. The van der Waals surface area contributed by atoms with Crippen LogP contribution in [-0.2, 0) is 16.8 Å². The van der Waals surface area contributed by atoms with Crippen LogP contribution in [0.2, 0.25) is 0 Å². The Hall–Kier alpha value is -1.20. The Morgan fingerprint density at radius 1 is 1.56 bits per heavy atom. The maximum absolute atomic E-state index is 12.0. The van der Waals surface area contributed by atoms with Gasteiger partial charge in [0.05, 0.1) is 18.8 Å². The van der Waals surface area contributed by atoms with Crippen LogP contribution in [0.1, 0.15) is 25.1 Å². The zero-order valence-electron chi connectivity index (χ0n) is 10.3. The predicted octanol–water partition coefficient (Wildman–Crippen LogP) is 0.392. The van der Waals surface area contributed by atoms with Gasteiger partial charge in [-0.1, -0.05) is 0 Å². The van der Waals surface area contributed by atoms with Crippen molar-refractivity contribution in [1.29, 1.82) is 0 Å². The predicted molar refractivity (Wildman–Crippen MR) is 62.3 cm³/mol. The van der Waals surface area contributed by atoms with Gasteiger partial charge in [0.2, 0.25) is 0 Å². The van der Waals surface area contributed by atoms with Crippen LogP contribution in [-0.4, -0.2) is 23.5 Å². The molecular formula is C11H19N3O2. The molecule has 1 rings (SSSR count). The summed E-state index contributed by atoms with van der Waals surface area (Å²) in [6.07, 6.45) is 0. The normalized spacial score (nSPS) is 11.8. The Morgan fingerprint density at radius 3 is 2.69 bits per heavy atom. The van der Waals surface area contributed by atoms with Crippen molar-refractivity contribution in [2.24, 2.45) is 5.73 Å². The highest BCUT2D eigenvalue weighted by Gasteiger charge is 2.20. The van der Waals surface area contributed by atoms with Gasteiger partial charge in [-0.3, -0.25) is 4.79 Å². The van der Waals surface area contributed by atoms with Gasteiger partial charge in [0.15, 0.2) is 0 Å². The summed E-state index contributed by atoms with van der Waals surface area (Å²) in [7, 11) is 1.59. The average molecular weight is 225 g/mol. The standard InChI is InChI=1S/C11H19N3O2/c1-8-7-9(11(2,3)12)10(15)14(13-8)5-6-16-4/h7H,5-6,12H2,1-4H3. The van der Waals surface area contributed by atoms with Crippen LogP contribution in [0.15, 0.2) is 10.9 Å². The van der Waals surface area contributed by atoms with Crippen molar-refractivity contribution in [2.45, 2.75) is 32.9 Å². The van der Waals surface area contributed by atoms with Crippen LogP contribution in [0.25, 0.3) is 0 Å². The van der Waals surface area contributed by atoms with Gasteiger partial charge in [-0.25, -0.2) is 4.68 Å². The SMILES string of the molecule is COCCn1nc(C)cc(C(C)(C)N)c1=O. The average Bonchev–Trinajstić information content (AvgIpc) is 2.17. The first-order valence-electron chi connectivity index (χ1n) is 5.23. The summed E-state index contributed by atoms with van der Waals surface area (Å²) in [6, 6.07) is 1.74. The number of nitrogens with zero attached hydrogens (tertiary/aromatic N) is 2. The second-order valence-corrected chi connectivity index (χ2v) is 4.44. The Bertz CT molecular complexity index is 418. The molecule has 0 saturated heterocycles. The molecule has 0 aliphatic carbocycles. The van der Waals surface area contributed by atoms with Gasteiger partial charge in [0, 0.05) is 18.2 Å². The van der Waals surface area contributed by atoms with Gasteiger partial charge in [-0.2, -0.15) is 5.10 Å². The molecule has 1 heterocycles. The summed E-state index contributed by atoms with van der Waals surface area (Å²) < 4.78 is 6.34. The largest absolute Gasteiger partial charge is 0.383 e. The van der Waals surface area contributed by atoms with Crippen molar-refractivity contribution >= 4 is 0 Å². The molecule has 0 unspecified atom stereocenters. The fourth-order valence-electron chi connectivity index (χ4n) is 1.47. The number of rotatable bonds is 4. The lowest BCUT2D eigenvalue weighted by Crippen LogP contribution is -2.39. The Balaban J connectivity index is 3.22. The van der Waals surface area contributed by atoms with Gasteiger partial charge in [0.25, 0.3) is 5.56 Å². The highest BCUT2D eigenvalue weighted by molar-refractivity contribution is 5.20. The molecule has 5 nitrogen and oxygen atoms in total. The lowest BCUT2D eigenvalue weighted by Gasteiger charge is -2.19. The number of nitrogens with two attached hydrogens (primary N) is 1. The smallest absolute Gasteiger partial charge is 0.271 e. The van der Waals surface area contributed by atoms with Gasteiger partial charge < -0.3 is 10.5 Å². The van der Waals surface area contributed by atoms with E-state index in [1.54, 1.807) is 13.2 Å². The fraction of sp³-hybridized carbons (Fsp3) is 0.636. The molecule has 0 fully saturated rings. The van der Waals surface area contributed by atoms with Crippen molar-refractivity contribution < 1.29 is 4.74 Å². The Kier molecular flexibility index (Phi) is 3.83. The minimum absolute atomic E-state index is 0.143. The van der Waals surface area contributed by atoms with Crippen molar-refractivity contribution in [3.05, 3.63) is 27.7 Å². The summed E-state index contributed by atoms with van der Waals surface area (Å²) >= 11 is 0. The summed E-state index contributed by atoms with van der Waals surface area (Å²) in [6.45, 7) is 6.37. The highest BCUT2D eigenvalue weighted by atomic mass is 16.5. The summed E-state index contributed by atoms with van der Waals surface area (Å²) in [5.74, 6) is 0. The van der Waals surface area contributed by atoms with Crippen LogP contribution in [0.4, 0.5) is 0 Å². The van der Waals surface area contributed by atoms with E-state index < -0.39 is 5.54 Å². The zero-order chi connectivity index (χ0) is 12.3. The van der Waals surface area contributed by atoms with Crippen LogP contribution >= 0.6 is 0 Å². The van der Waals surface area contributed by atoms with E-state index in [1.165, 1.54) is 4.68 Å². The van der Waals surface area contributed by atoms with Gasteiger partial charge in [-0.05, 0) is 26.8 Å². The van der Waals surface area contributed by atoms with E-state index in [9.17, 15) is 4.79 Å². The van der Waals surface area contributed by atoms with E-state index in [1.807, 2.05) is 20.8 Å². The molecule has 0 spiro atoms. The molecule has 90 valence electrons. The summed E-state index contributed by atoms with van der Waals surface area (Å²) in [5, 5.41) is 4.15. The van der Waals surface area contributed by atoms with E-state index >= 15 is 0 Å². The molecule has 16 heavy (non-hydrogen) atoms.